The van der Waals surface area contributed by atoms with Gasteiger partial charge in [0, 0.05) is 17.4 Å². The van der Waals surface area contributed by atoms with Crippen molar-refractivity contribution in [2.45, 2.75) is 17.9 Å². The van der Waals surface area contributed by atoms with Gasteiger partial charge in [0.2, 0.25) is 10.0 Å². The molecule has 0 aliphatic carbocycles. The van der Waals surface area contributed by atoms with Gasteiger partial charge in [0.05, 0.1) is 29.3 Å². The van der Waals surface area contributed by atoms with E-state index in [9.17, 15) is 8.42 Å². The second-order valence-electron chi connectivity index (χ2n) is 4.10. The Kier molecular flexibility index (Phi) is 5.47. The molecule has 0 radical (unpaired) electrons. The van der Waals surface area contributed by atoms with Gasteiger partial charge in [-0.25, -0.2) is 18.1 Å². The summed E-state index contributed by atoms with van der Waals surface area (Å²) in [6.07, 6.45) is 0.398. The maximum absolute atomic E-state index is 12.1. The Balaban J connectivity index is 2.05. The van der Waals surface area contributed by atoms with Crippen LogP contribution in [0.2, 0.25) is 0 Å². The normalized spacial score (nSPS) is 10.9. The molecule has 2 N–H and O–H groups in total. The molecule has 0 atom stereocenters. The number of aliphatic hydroxyl groups is 1. The fourth-order valence-corrected chi connectivity index (χ4v) is 3.07. The maximum atomic E-state index is 12.1. The molecule has 0 fully saturated rings. The summed E-state index contributed by atoms with van der Waals surface area (Å²) in [6.45, 7) is 0.184. The van der Waals surface area contributed by atoms with Crippen LogP contribution in [-0.2, 0) is 16.6 Å². The summed E-state index contributed by atoms with van der Waals surface area (Å²) >= 11 is 1.42. The van der Waals surface area contributed by atoms with Crippen LogP contribution in [0.3, 0.4) is 0 Å². The number of hydrogen-bond donors (Lipinski definition) is 2. The second-order valence-corrected chi connectivity index (χ2v) is 6.59. The van der Waals surface area contributed by atoms with Crippen molar-refractivity contribution in [3.63, 3.8) is 0 Å². The Hall–Kier alpha value is -1.72. The first-order valence-corrected chi connectivity index (χ1v) is 8.61. The van der Waals surface area contributed by atoms with E-state index in [0.717, 1.165) is 0 Å². The van der Waals surface area contributed by atoms with Crippen molar-refractivity contribution in [1.82, 2.24) is 9.71 Å². The molecule has 0 amide bonds. The predicted molar refractivity (Wildman–Crippen MR) is 81.2 cm³/mol. The Morgan fingerprint density at radius 1 is 1.29 bits per heavy atom. The Morgan fingerprint density at radius 2 is 2.05 bits per heavy atom. The average molecular weight is 322 g/mol. The van der Waals surface area contributed by atoms with Crippen molar-refractivity contribution in [2.24, 2.45) is 0 Å². The van der Waals surface area contributed by atoms with Crippen molar-refractivity contribution >= 4 is 21.4 Å². The molecule has 110 valence electrons. The average Bonchev–Trinajstić information content (AvgIpc) is 3.00. The highest BCUT2D eigenvalue weighted by atomic mass is 32.2. The molecule has 0 spiro atoms. The predicted octanol–water partition coefficient (Wildman–Crippen LogP) is 1.36. The fraction of sp³-hybridized carbons (Fsp3) is 0.214. The lowest BCUT2D eigenvalue weighted by Crippen LogP contribution is -2.23. The van der Waals surface area contributed by atoms with Crippen LogP contribution < -0.4 is 4.72 Å². The first-order valence-electron chi connectivity index (χ1n) is 6.18. The summed E-state index contributed by atoms with van der Waals surface area (Å²) in [7, 11) is -3.55. The molecule has 0 aliphatic heterocycles. The third kappa shape index (κ3) is 4.65. The number of rotatable bonds is 5. The fourth-order valence-electron chi connectivity index (χ4n) is 1.52. The molecule has 0 saturated carbocycles. The Bertz CT molecular complexity index is 727. The van der Waals surface area contributed by atoms with Gasteiger partial charge < -0.3 is 5.11 Å². The molecule has 2 aromatic rings. The van der Waals surface area contributed by atoms with Gasteiger partial charge in [0.15, 0.2) is 0 Å². The molecule has 1 heterocycles. The minimum Gasteiger partial charge on any atom is -0.395 e. The molecule has 0 unspecified atom stereocenters. The minimum atomic E-state index is -3.55. The number of thiazole rings is 1. The molecular weight excluding hydrogens is 308 g/mol. The van der Waals surface area contributed by atoms with Crippen LogP contribution in [0.25, 0.3) is 0 Å². The van der Waals surface area contributed by atoms with Crippen molar-refractivity contribution in [3.8, 4) is 11.8 Å². The van der Waals surface area contributed by atoms with Gasteiger partial charge in [-0.1, -0.05) is 11.8 Å². The lowest BCUT2D eigenvalue weighted by molar-refractivity contribution is 0.305. The molecule has 5 nitrogen and oxygen atoms in total. The van der Waals surface area contributed by atoms with E-state index in [1.54, 1.807) is 23.0 Å². The van der Waals surface area contributed by atoms with Crippen molar-refractivity contribution in [3.05, 3.63) is 46.4 Å². The monoisotopic (exact) mass is 322 g/mol. The van der Waals surface area contributed by atoms with Crippen LogP contribution in [0.5, 0.6) is 0 Å². The summed E-state index contributed by atoms with van der Waals surface area (Å²) in [5.41, 5.74) is 3.06. The van der Waals surface area contributed by atoms with Gasteiger partial charge in [-0.15, -0.1) is 11.3 Å². The topological polar surface area (TPSA) is 79.3 Å². The van der Waals surface area contributed by atoms with Gasteiger partial charge >= 0.3 is 0 Å². The van der Waals surface area contributed by atoms with Gasteiger partial charge in [-0.3, -0.25) is 0 Å². The van der Waals surface area contributed by atoms with Crippen LogP contribution in [-0.4, -0.2) is 25.1 Å². The molecule has 2 rings (SSSR count). The molecule has 1 aromatic heterocycles. The van der Waals surface area contributed by atoms with Gasteiger partial charge in [0.1, 0.15) is 0 Å². The number of sulfonamides is 1. The van der Waals surface area contributed by atoms with E-state index in [1.807, 2.05) is 0 Å². The zero-order valence-electron chi connectivity index (χ0n) is 11.1. The van der Waals surface area contributed by atoms with Crippen molar-refractivity contribution < 1.29 is 13.5 Å². The zero-order chi connectivity index (χ0) is 15.1. The quantitative estimate of drug-likeness (QED) is 0.815. The zero-order valence-corrected chi connectivity index (χ0v) is 12.7. The summed E-state index contributed by atoms with van der Waals surface area (Å²) < 4.78 is 26.7. The van der Waals surface area contributed by atoms with Crippen molar-refractivity contribution in [1.29, 1.82) is 0 Å². The third-order valence-corrected chi connectivity index (χ3v) is 4.61. The highest BCUT2D eigenvalue weighted by Gasteiger charge is 2.13. The number of benzene rings is 1. The van der Waals surface area contributed by atoms with Gasteiger partial charge in [-0.2, -0.15) is 0 Å². The second kappa shape index (κ2) is 7.33. The van der Waals surface area contributed by atoms with Crippen LogP contribution in [0.15, 0.2) is 40.1 Å². The lowest BCUT2D eigenvalue weighted by Gasteiger charge is -2.05. The Labute approximate surface area is 127 Å². The maximum Gasteiger partial charge on any atom is 0.240 e. The molecule has 21 heavy (non-hydrogen) atoms. The van der Waals surface area contributed by atoms with E-state index < -0.39 is 10.0 Å². The molecule has 1 aromatic carbocycles. The number of hydrogen-bond acceptors (Lipinski definition) is 5. The van der Waals surface area contributed by atoms with Crippen LogP contribution >= 0.6 is 11.3 Å². The smallest absolute Gasteiger partial charge is 0.240 e. The van der Waals surface area contributed by atoms with E-state index >= 15 is 0 Å². The molecular formula is C14H14N2O3S2. The number of aromatic nitrogens is 1. The molecule has 0 aliphatic rings. The standard InChI is InChI=1S/C14H14N2O3S2/c17-8-2-1-3-12-4-6-14(7-5-12)21(18,19)16-9-13-10-20-11-15-13/h4-7,10-11,16-17H,2,8-9H2. The third-order valence-electron chi connectivity index (χ3n) is 2.56. The van der Waals surface area contributed by atoms with E-state index in [1.165, 1.54) is 23.5 Å². The molecule has 0 bridgehead atoms. The highest BCUT2D eigenvalue weighted by Crippen LogP contribution is 2.11. The van der Waals surface area contributed by atoms with E-state index in [0.29, 0.717) is 17.7 Å². The van der Waals surface area contributed by atoms with Crippen LogP contribution in [0, 0.1) is 11.8 Å². The summed E-state index contributed by atoms with van der Waals surface area (Å²) in [6, 6.07) is 6.29. The minimum absolute atomic E-state index is 0.0139. The first-order chi connectivity index (χ1) is 10.1. The molecule has 7 heteroatoms. The van der Waals surface area contributed by atoms with Crippen molar-refractivity contribution in [2.75, 3.05) is 6.61 Å². The van der Waals surface area contributed by atoms with Crippen LogP contribution in [0.4, 0.5) is 0 Å². The lowest BCUT2D eigenvalue weighted by atomic mass is 10.2. The summed E-state index contributed by atoms with van der Waals surface area (Å²) in [5, 5.41) is 10.4. The van der Waals surface area contributed by atoms with Crippen LogP contribution in [0.1, 0.15) is 17.7 Å². The summed E-state index contributed by atoms with van der Waals surface area (Å²) in [5.74, 6) is 5.63. The van der Waals surface area contributed by atoms with Gasteiger partial charge in [0.25, 0.3) is 0 Å². The van der Waals surface area contributed by atoms with E-state index in [-0.39, 0.29) is 18.0 Å². The SMILES string of the molecule is O=S(=O)(NCc1cscn1)c1ccc(C#CCCO)cc1. The largest absolute Gasteiger partial charge is 0.395 e. The van der Waals surface area contributed by atoms with Gasteiger partial charge in [-0.05, 0) is 24.3 Å². The highest BCUT2D eigenvalue weighted by molar-refractivity contribution is 7.89. The number of nitrogens with one attached hydrogen (secondary N) is 1. The number of nitrogens with zero attached hydrogens (tertiary/aromatic N) is 1. The summed E-state index contributed by atoms with van der Waals surface area (Å²) in [4.78, 5) is 4.21. The molecule has 0 saturated heterocycles. The number of aliphatic hydroxyl groups excluding tert-OH is 1. The van der Waals surface area contributed by atoms with E-state index in [4.69, 9.17) is 5.11 Å². The van der Waals surface area contributed by atoms with E-state index in [2.05, 4.69) is 21.5 Å². The Morgan fingerprint density at radius 3 is 2.67 bits per heavy atom. The first kappa shape index (κ1) is 15.7.